The van der Waals surface area contributed by atoms with Crippen molar-refractivity contribution < 1.29 is 0 Å². The van der Waals surface area contributed by atoms with Crippen LogP contribution in [0.2, 0.25) is 0 Å². The molecule has 1 rings (SSSR count). The summed E-state index contributed by atoms with van der Waals surface area (Å²) in [6, 6.07) is 0. The van der Waals surface area contributed by atoms with Crippen molar-refractivity contribution >= 4 is 16.5 Å². The van der Waals surface area contributed by atoms with Gasteiger partial charge in [-0.1, -0.05) is 32.1 Å². The summed E-state index contributed by atoms with van der Waals surface area (Å²) in [5.41, 5.74) is 0. The van der Waals surface area contributed by atoms with Crippen LogP contribution in [-0.2, 0) is 6.54 Å². The monoisotopic (exact) mass is 299 g/mol. The van der Waals surface area contributed by atoms with Gasteiger partial charge in [0.2, 0.25) is 5.13 Å². The quantitative estimate of drug-likeness (QED) is 0.718. The Labute approximate surface area is 127 Å². The normalized spacial score (nSPS) is 11.8. The first-order valence-corrected chi connectivity index (χ1v) is 8.26. The summed E-state index contributed by atoms with van der Waals surface area (Å²) in [5.74, 6) is 0.669. The van der Waals surface area contributed by atoms with Gasteiger partial charge >= 0.3 is 0 Å². The summed E-state index contributed by atoms with van der Waals surface area (Å²) < 4.78 is 0. The summed E-state index contributed by atoms with van der Waals surface area (Å²) >= 11 is 1.67. The Hall–Kier alpha value is -0.720. The van der Waals surface area contributed by atoms with Crippen LogP contribution in [0.1, 0.15) is 32.2 Å². The highest BCUT2D eigenvalue weighted by molar-refractivity contribution is 7.15. The molecule has 0 unspecified atom stereocenters. The van der Waals surface area contributed by atoms with Crippen LogP contribution < -0.4 is 5.32 Å². The van der Waals surface area contributed by atoms with E-state index in [0.717, 1.165) is 49.3 Å². The summed E-state index contributed by atoms with van der Waals surface area (Å²) in [6.07, 6.45) is 1.11. The van der Waals surface area contributed by atoms with E-state index in [-0.39, 0.29) is 0 Å². The molecule has 0 amide bonds. The Kier molecular flexibility index (Phi) is 8.02. The number of nitrogens with zero attached hydrogens (tertiary/aromatic N) is 4. The lowest BCUT2D eigenvalue weighted by Crippen LogP contribution is -2.33. The van der Waals surface area contributed by atoms with Crippen LogP contribution in [0.15, 0.2) is 0 Å². The van der Waals surface area contributed by atoms with Crippen LogP contribution in [0.3, 0.4) is 0 Å². The molecule has 1 N–H and O–H groups in total. The number of likely N-dealkylation sites (N-methyl/N-ethyl adjacent to an activating group) is 1. The second kappa shape index (κ2) is 9.26. The smallest absolute Gasteiger partial charge is 0.205 e. The number of anilines is 1. The van der Waals surface area contributed by atoms with Gasteiger partial charge in [0.1, 0.15) is 5.01 Å². The van der Waals surface area contributed by atoms with Crippen LogP contribution in [0.5, 0.6) is 0 Å². The van der Waals surface area contributed by atoms with Gasteiger partial charge in [-0.15, -0.1) is 10.2 Å². The van der Waals surface area contributed by atoms with Gasteiger partial charge in [-0.3, -0.25) is 4.90 Å². The molecule has 0 saturated heterocycles. The number of rotatable bonds is 10. The lowest BCUT2D eigenvalue weighted by atomic mass is 10.2. The third-order valence-electron chi connectivity index (χ3n) is 2.84. The van der Waals surface area contributed by atoms with Crippen molar-refractivity contribution in [2.24, 2.45) is 5.92 Å². The zero-order chi connectivity index (χ0) is 15.0. The largest absolute Gasteiger partial charge is 0.360 e. The molecule has 0 aromatic carbocycles. The molecule has 1 aromatic rings. The van der Waals surface area contributed by atoms with Crippen LogP contribution in [-0.4, -0.2) is 60.3 Å². The number of hydrogen-bond acceptors (Lipinski definition) is 6. The molecule has 0 aliphatic rings. The minimum Gasteiger partial charge on any atom is -0.360 e. The Morgan fingerprint density at radius 1 is 1.20 bits per heavy atom. The third-order valence-corrected chi connectivity index (χ3v) is 3.70. The molecule has 0 fully saturated rings. The molecule has 0 aliphatic heterocycles. The fraction of sp³-hybridized carbons (Fsp3) is 0.857. The van der Waals surface area contributed by atoms with Crippen molar-refractivity contribution in [2.75, 3.05) is 45.6 Å². The number of hydrogen-bond donors (Lipinski definition) is 1. The van der Waals surface area contributed by atoms with Gasteiger partial charge in [0.15, 0.2) is 0 Å². The molecular weight excluding hydrogens is 270 g/mol. The van der Waals surface area contributed by atoms with Gasteiger partial charge in [0.05, 0.1) is 6.54 Å². The zero-order valence-corrected chi connectivity index (χ0v) is 14.3. The van der Waals surface area contributed by atoms with E-state index in [9.17, 15) is 0 Å². The van der Waals surface area contributed by atoms with Gasteiger partial charge in [-0.05, 0) is 26.4 Å². The summed E-state index contributed by atoms with van der Waals surface area (Å²) in [6.45, 7) is 11.8. The van der Waals surface area contributed by atoms with Crippen molar-refractivity contribution in [3.63, 3.8) is 0 Å². The first-order valence-electron chi connectivity index (χ1n) is 7.44. The van der Waals surface area contributed by atoms with Crippen LogP contribution in [0.25, 0.3) is 0 Å². The predicted octanol–water partition coefficient (Wildman–Crippen LogP) is 2.38. The van der Waals surface area contributed by atoms with E-state index in [2.05, 4.69) is 60.2 Å². The van der Waals surface area contributed by atoms with Crippen molar-refractivity contribution in [2.45, 2.75) is 33.7 Å². The van der Waals surface area contributed by atoms with Crippen molar-refractivity contribution in [1.29, 1.82) is 0 Å². The van der Waals surface area contributed by atoms with Gasteiger partial charge in [-0.2, -0.15) is 0 Å². The van der Waals surface area contributed by atoms with Crippen molar-refractivity contribution in [3.8, 4) is 0 Å². The van der Waals surface area contributed by atoms with Crippen molar-refractivity contribution in [1.82, 2.24) is 20.0 Å². The molecule has 0 bridgehead atoms. The second-order valence-corrected chi connectivity index (χ2v) is 6.92. The molecule has 1 aromatic heterocycles. The molecule has 0 saturated carbocycles. The number of aromatic nitrogens is 2. The zero-order valence-electron chi connectivity index (χ0n) is 13.5. The molecule has 0 atom stereocenters. The predicted molar refractivity (Wildman–Crippen MR) is 87.4 cm³/mol. The summed E-state index contributed by atoms with van der Waals surface area (Å²) in [5, 5.41) is 13.8. The van der Waals surface area contributed by atoms with E-state index < -0.39 is 0 Å². The Morgan fingerprint density at radius 2 is 1.95 bits per heavy atom. The topological polar surface area (TPSA) is 44.3 Å². The van der Waals surface area contributed by atoms with E-state index in [4.69, 9.17) is 0 Å². The van der Waals surface area contributed by atoms with Gasteiger partial charge in [0, 0.05) is 26.2 Å². The molecule has 1 heterocycles. The van der Waals surface area contributed by atoms with Crippen LogP contribution in [0, 0.1) is 5.92 Å². The lowest BCUT2D eigenvalue weighted by molar-refractivity contribution is 0.211. The molecule has 20 heavy (non-hydrogen) atoms. The highest BCUT2D eigenvalue weighted by Gasteiger charge is 2.12. The fourth-order valence-corrected chi connectivity index (χ4v) is 2.71. The maximum absolute atomic E-state index is 4.29. The van der Waals surface area contributed by atoms with E-state index in [0.29, 0.717) is 5.92 Å². The van der Waals surface area contributed by atoms with E-state index in [1.165, 1.54) is 0 Å². The first-order chi connectivity index (χ1) is 9.51. The maximum Gasteiger partial charge on any atom is 0.205 e. The van der Waals surface area contributed by atoms with Crippen molar-refractivity contribution in [3.05, 3.63) is 5.01 Å². The molecule has 5 nitrogen and oxygen atoms in total. The molecule has 0 radical (unpaired) electrons. The molecule has 0 aliphatic carbocycles. The first kappa shape index (κ1) is 17.3. The van der Waals surface area contributed by atoms with Gasteiger partial charge in [0.25, 0.3) is 0 Å². The molecule has 0 spiro atoms. The average Bonchev–Trinajstić information content (AvgIpc) is 2.80. The van der Waals surface area contributed by atoms with E-state index in [1.807, 2.05) is 0 Å². The Balaban J connectivity index is 2.52. The van der Waals surface area contributed by atoms with Crippen LogP contribution in [0.4, 0.5) is 5.13 Å². The SMILES string of the molecule is CCCNc1nnc(CN(CCN(C)C)CC(C)C)s1. The highest BCUT2D eigenvalue weighted by atomic mass is 32.1. The minimum absolute atomic E-state index is 0.669. The van der Waals surface area contributed by atoms with Gasteiger partial charge in [-0.25, -0.2) is 0 Å². The lowest BCUT2D eigenvalue weighted by Gasteiger charge is -2.24. The average molecular weight is 299 g/mol. The van der Waals surface area contributed by atoms with E-state index >= 15 is 0 Å². The second-order valence-electron chi connectivity index (χ2n) is 5.86. The Morgan fingerprint density at radius 3 is 2.55 bits per heavy atom. The minimum atomic E-state index is 0.669. The van der Waals surface area contributed by atoms with Gasteiger partial charge < -0.3 is 10.2 Å². The number of nitrogens with one attached hydrogen (secondary N) is 1. The molecule has 6 heteroatoms. The third kappa shape index (κ3) is 7.17. The van der Waals surface area contributed by atoms with Crippen LogP contribution >= 0.6 is 11.3 Å². The summed E-state index contributed by atoms with van der Waals surface area (Å²) in [7, 11) is 4.23. The fourth-order valence-electron chi connectivity index (χ4n) is 1.90. The standard InChI is InChI=1S/C14H29N5S/c1-6-7-15-14-17-16-13(20-14)11-19(10-12(2)3)9-8-18(4)5/h12H,6-11H2,1-5H3,(H,15,17). The molecule has 116 valence electrons. The molecular formula is C14H29N5S. The summed E-state index contributed by atoms with van der Waals surface area (Å²) in [4.78, 5) is 4.69. The van der Waals surface area contributed by atoms with E-state index in [1.54, 1.807) is 11.3 Å². The maximum atomic E-state index is 4.29. The Bertz CT molecular complexity index is 364. The highest BCUT2D eigenvalue weighted by Crippen LogP contribution is 2.17.